The maximum atomic E-state index is 12.9. The van der Waals surface area contributed by atoms with Crippen LogP contribution >= 0.6 is 11.3 Å². The maximum absolute atomic E-state index is 12.9. The van der Waals surface area contributed by atoms with Gasteiger partial charge in [0, 0.05) is 23.0 Å². The first-order valence-corrected chi connectivity index (χ1v) is 9.71. The van der Waals surface area contributed by atoms with Gasteiger partial charge in [0.05, 0.1) is 0 Å². The van der Waals surface area contributed by atoms with Gasteiger partial charge in [-0.15, -0.1) is 0 Å². The summed E-state index contributed by atoms with van der Waals surface area (Å²) in [6.45, 7) is 7.37. The topological polar surface area (TPSA) is 125 Å². The van der Waals surface area contributed by atoms with Gasteiger partial charge in [-0.05, 0) is 39.1 Å². The molecule has 10 heteroatoms. The second-order valence-electron chi connectivity index (χ2n) is 7.36. The minimum Gasteiger partial charge on any atom is -0.364 e. The van der Waals surface area contributed by atoms with E-state index in [4.69, 9.17) is 5.73 Å². The summed E-state index contributed by atoms with van der Waals surface area (Å²) < 4.78 is 2.61. The SMILES string of the molecule is CCn1c(=O)n(CC(=O)NC(C)(C)C)c2c(C(N)=O)nc(-c3ccsc3)nc21. The molecule has 0 atom stereocenters. The summed E-state index contributed by atoms with van der Waals surface area (Å²) in [5.41, 5.74) is 5.74. The Morgan fingerprint density at radius 2 is 1.96 bits per heavy atom. The predicted molar refractivity (Wildman–Crippen MR) is 107 cm³/mol. The van der Waals surface area contributed by atoms with Crippen molar-refractivity contribution in [3.05, 3.63) is 33.0 Å². The first-order chi connectivity index (χ1) is 13.1. The monoisotopic (exact) mass is 402 g/mol. The Hall–Kier alpha value is -3.01. The van der Waals surface area contributed by atoms with E-state index in [2.05, 4.69) is 15.3 Å². The van der Waals surface area contributed by atoms with Crippen molar-refractivity contribution in [2.24, 2.45) is 5.73 Å². The van der Waals surface area contributed by atoms with Gasteiger partial charge in [-0.2, -0.15) is 11.3 Å². The first kappa shape index (κ1) is 19.7. The average Bonchev–Trinajstić information content (AvgIpc) is 3.20. The van der Waals surface area contributed by atoms with Gasteiger partial charge in [-0.25, -0.2) is 14.8 Å². The van der Waals surface area contributed by atoms with Crippen LogP contribution in [-0.4, -0.2) is 36.5 Å². The third-order valence-corrected chi connectivity index (χ3v) is 4.68. The van der Waals surface area contributed by atoms with E-state index in [9.17, 15) is 14.4 Å². The van der Waals surface area contributed by atoms with Gasteiger partial charge in [0.2, 0.25) is 5.91 Å². The number of nitrogens with zero attached hydrogens (tertiary/aromatic N) is 4. The number of rotatable bonds is 5. The summed E-state index contributed by atoms with van der Waals surface area (Å²) >= 11 is 1.46. The fourth-order valence-electron chi connectivity index (χ4n) is 2.94. The smallest absolute Gasteiger partial charge is 0.330 e. The molecule has 0 aliphatic carbocycles. The third-order valence-electron chi connectivity index (χ3n) is 4.00. The van der Waals surface area contributed by atoms with Crippen molar-refractivity contribution in [2.45, 2.75) is 46.3 Å². The van der Waals surface area contributed by atoms with Crippen LogP contribution in [0.15, 0.2) is 21.6 Å². The van der Waals surface area contributed by atoms with Crippen LogP contribution in [0.25, 0.3) is 22.6 Å². The zero-order valence-electron chi connectivity index (χ0n) is 16.1. The van der Waals surface area contributed by atoms with Crippen LogP contribution in [0.4, 0.5) is 0 Å². The Labute approximate surface area is 165 Å². The third kappa shape index (κ3) is 3.68. The molecular formula is C18H22N6O3S. The number of nitrogens with two attached hydrogens (primary N) is 1. The van der Waals surface area contributed by atoms with E-state index in [0.717, 1.165) is 5.56 Å². The van der Waals surface area contributed by atoms with Crippen molar-refractivity contribution in [2.75, 3.05) is 0 Å². The van der Waals surface area contributed by atoms with Gasteiger partial charge in [-0.3, -0.25) is 18.7 Å². The van der Waals surface area contributed by atoms with Gasteiger partial charge in [-0.1, -0.05) is 0 Å². The van der Waals surface area contributed by atoms with Gasteiger partial charge < -0.3 is 11.1 Å². The minimum absolute atomic E-state index is 0.0842. The molecule has 0 fully saturated rings. The lowest BCUT2D eigenvalue weighted by Crippen LogP contribution is -2.43. The molecule has 0 saturated carbocycles. The number of aromatic nitrogens is 4. The predicted octanol–water partition coefficient (Wildman–Crippen LogP) is 1.35. The zero-order chi connectivity index (χ0) is 20.6. The van der Waals surface area contributed by atoms with Crippen LogP contribution in [-0.2, 0) is 17.9 Å². The number of thiophene rings is 1. The van der Waals surface area contributed by atoms with Crippen LogP contribution in [0.5, 0.6) is 0 Å². The normalized spacial score (nSPS) is 11.7. The fourth-order valence-corrected chi connectivity index (χ4v) is 3.57. The highest BCUT2D eigenvalue weighted by Gasteiger charge is 2.25. The van der Waals surface area contributed by atoms with Gasteiger partial charge in [0.1, 0.15) is 12.1 Å². The Bertz CT molecular complexity index is 1110. The number of amides is 2. The second-order valence-corrected chi connectivity index (χ2v) is 8.14. The lowest BCUT2D eigenvalue weighted by Gasteiger charge is -2.20. The van der Waals surface area contributed by atoms with Crippen LogP contribution in [0.3, 0.4) is 0 Å². The summed E-state index contributed by atoms with van der Waals surface area (Å²) in [4.78, 5) is 46.2. The van der Waals surface area contributed by atoms with E-state index < -0.39 is 17.1 Å². The molecule has 0 aliphatic rings. The Balaban J connectivity index is 2.25. The summed E-state index contributed by atoms with van der Waals surface area (Å²) in [6, 6.07) is 1.82. The van der Waals surface area contributed by atoms with E-state index in [1.807, 2.05) is 37.6 Å². The molecule has 3 N–H and O–H groups in total. The van der Waals surface area contributed by atoms with Gasteiger partial charge >= 0.3 is 5.69 Å². The standard InChI is InChI=1S/C18H22N6O3S/c1-5-23-16-13(24(17(23)27)8-11(25)22-18(2,3)4)12(14(19)26)20-15(21-16)10-6-7-28-9-10/h6-7,9H,5,8H2,1-4H3,(H2,19,26)(H,22,25). The number of carbonyl (C=O) groups excluding carboxylic acids is 2. The molecule has 3 aromatic rings. The van der Waals surface area contributed by atoms with Gasteiger partial charge in [0.25, 0.3) is 5.91 Å². The number of fused-ring (bicyclic) bond motifs is 1. The summed E-state index contributed by atoms with van der Waals surface area (Å²) in [6.07, 6.45) is 0. The fraction of sp³-hybridized carbons (Fsp3) is 0.389. The number of hydrogen-bond donors (Lipinski definition) is 2. The number of primary amides is 1. The number of carbonyl (C=O) groups is 2. The molecule has 0 unspecified atom stereocenters. The molecule has 2 amide bonds. The maximum Gasteiger partial charge on any atom is 0.330 e. The molecule has 0 aromatic carbocycles. The van der Waals surface area contributed by atoms with Crippen molar-refractivity contribution in [3.8, 4) is 11.4 Å². The molecule has 3 heterocycles. The van der Waals surface area contributed by atoms with Crippen LogP contribution < -0.4 is 16.7 Å². The van der Waals surface area contributed by atoms with Crippen LogP contribution in [0.2, 0.25) is 0 Å². The van der Waals surface area contributed by atoms with E-state index in [1.165, 1.54) is 20.5 Å². The van der Waals surface area contributed by atoms with Crippen molar-refractivity contribution in [1.29, 1.82) is 0 Å². The Kier molecular flexibility index (Phi) is 5.07. The summed E-state index contributed by atoms with van der Waals surface area (Å²) in [7, 11) is 0. The quantitative estimate of drug-likeness (QED) is 0.666. The highest BCUT2D eigenvalue weighted by molar-refractivity contribution is 7.08. The minimum atomic E-state index is -0.790. The molecule has 0 radical (unpaired) electrons. The highest BCUT2D eigenvalue weighted by atomic mass is 32.1. The molecule has 0 spiro atoms. The molecular weight excluding hydrogens is 380 g/mol. The molecule has 148 valence electrons. The van der Waals surface area contributed by atoms with Gasteiger partial charge in [0.15, 0.2) is 17.2 Å². The lowest BCUT2D eigenvalue weighted by molar-refractivity contribution is -0.123. The van der Waals surface area contributed by atoms with Crippen molar-refractivity contribution in [3.63, 3.8) is 0 Å². The molecule has 28 heavy (non-hydrogen) atoms. The Morgan fingerprint density at radius 3 is 2.50 bits per heavy atom. The summed E-state index contributed by atoms with van der Waals surface area (Å²) in [5, 5.41) is 6.51. The lowest BCUT2D eigenvalue weighted by atomic mass is 10.1. The first-order valence-electron chi connectivity index (χ1n) is 8.77. The Morgan fingerprint density at radius 1 is 1.25 bits per heavy atom. The van der Waals surface area contributed by atoms with E-state index in [-0.39, 0.29) is 29.3 Å². The van der Waals surface area contributed by atoms with Crippen molar-refractivity contribution >= 4 is 34.3 Å². The highest BCUT2D eigenvalue weighted by Crippen LogP contribution is 2.23. The number of aryl methyl sites for hydroxylation is 1. The zero-order valence-corrected chi connectivity index (χ0v) is 17.0. The molecule has 0 bridgehead atoms. The molecule has 0 aliphatic heterocycles. The summed E-state index contributed by atoms with van der Waals surface area (Å²) in [5.74, 6) is -0.842. The number of hydrogen-bond acceptors (Lipinski definition) is 6. The van der Waals surface area contributed by atoms with E-state index >= 15 is 0 Å². The second kappa shape index (κ2) is 7.19. The average molecular weight is 402 g/mol. The molecule has 3 rings (SSSR count). The van der Waals surface area contributed by atoms with Crippen molar-refractivity contribution < 1.29 is 9.59 Å². The molecule has 9 nitrogen and oxygen atoms in total. The molecule has 0 saturated heterocycles. The van der Waals surface area contributed by atoms with Crippen molar-refractivity contribution in [1.82, 2.24) is 24.4 Å². The van der Waals surface area contributed by atoms with Crippen LogP contribution in [0.1, 0.15) is 38.2 Å². The number of nitrogens with one attached hydrogen (secondary N) is 1. The van der Waals surface area contributed by atoms with Crippen LogP contribution in [0, 0.1) is 0 Å². The number of imidazole rings is 1. The van der Waals surface area contributed by atoms with E-state index in [0.29, 0.717) is 12.4 Å². The molecule has 3 aromatic heterocycles. The van der Waals surface area contributed by atoms with E-state index in [1.54, 1.807) is 6.92 Å². The largest absolute Gasteiger partial charge is 0.364 e.